The molecule has 0 aliphatic carbocycles. The van der Waals surface area contributed by atoms with Gasteiger partial charge in [-0.1, -0.05) is 39.0 Å². The minimum atomic E-state index is -0.639. The third kappa shape index (κ3) is 5.67. The molecule has 2 aromatic rings. The van der Waals surface area contributed by atoms with Gasteiger partial charge in [-0.05, 0) is 42.3 Å². The first-order chi connectivity index (χ1) is 12.7. The molecule has 2 rings (SSSR count). The number of aromatic nitrogens is 1. The van der Waals surface area contributed by atoms with Crippen molar-refractivity contribution in [2.24, 2.45) is 5.41 Å². The summed E-state index contributed by atoms with van der Waals surface area (Å²) < 4.78 is 5.15. The summed E-state index contributed by atoms with van der Waals surface area (Å²) in [5.74, 6) is 0.467. The van der Waals surface area contributed by atoms with Crippen LogP contribution >= 0.6 is 0 Å². The van der Waals surface area contributed by atoms with Crippen LogP contribution in [0.25, 0.3) is 6.08 Å². The molecule has 0 unspecified atom stereocenters. The van der Waals surface area contributed by atoms with E-state index in [1.165, 1.54) is 0 Å². The smallest absolute Gasteiger partial charge is 0.273 e. The van der Waals surface area contributed by atoms with Gasteiger partial charge >= 0.3 is 0 Å². The first-order valence-electron chi connectivity index (χ1n) is 8.61. The highest BCUT2D eigenvalue weighted by atomic mass is 16.5. The predicted octanol–water partition coefficient (Wildman–Crippen LogP) is 3.54. The number of hydrogen-bond acceptors (Lipinski definition) is 4. The van der Waals surface area contributed by atoms with Crippen molar-refractivity contribution < 1.29 is 14.3 Å². The number of amides is 2. The Hall–Kier alpha value is -3.15. The van der Waals surface area contributed by atoms with Gasteiger partial charge in [0.15, 0.2) is 0 Å². The van der Waals surface area contributed by atoms with Crippen LogP contribution in [0.15, 0.2) is 48.3 Å². The zero-order chi connectivity index (χ0) is 20.0. The molecule has 0 fully saturated rings. The first-order valence-corrected chi connectivity index (χ1v) is 8.61. The second kappa shape index (κ2) is 8.49. The molecule has 0 radical (unpaired) electrons. The maximum Gasteiger partial charge on any atom is 0.273 e. The highest BCUT2D eigenvalue weighted by molar-refractivity contribution is 6.08. The second-order valence-electron chi connectivity index (χ2n) is 7.16. The number of anilines is 1. The number of carbonyl (C=O) groups is 2. The van der Waals surface area contributed by atoms with E-state index in [1.54, 1.807) is 70.5 Å². The number of benzene rings is 1. The third-order valence-electron chi connectivity index (χ3n) is 3.84. The van der Waals surface area contributed by atoms with E-state index in [-0.39, 0.29) is 11.6 Å². The van der Waals surface area contributed by atoms with Gasteiger partial charge in [0.25, 0.3) is 5.91 Å². The van der Waals surface area contributed by atoms with Gasteiger partial charge < -0.3 is 15.4 Å². The Morgan fingerprint density at radius 3 is 2.33 bits per heavy atom. The van der Waals surface area contributed by atoms with Gasteiger partial charge in [0, 0.05) is 11.6 Å². The van der Waals surface area contributed by atoms with Crippen molar-refractivity contribution in [2.75, 3.05) is 12.4 Å². The zero-order valence-corrected chi connectivity index (χ0v) is 16.3. The molecule has 0 saturated carbocycles. The molecule has 0 bridgehead atoms. The van der Waals surface area contributed by atoms with Crippen molar-refractivity contribution >= 4 is 23.7 Å². The SMILES string of the molecule is COc1ccc(/C=C(/NC(=O)C(C)(C)C)C(=O)Nc2ncccc2C)cc1. The Labute approximate surface area is 159 Å². The maximum absolute atomic E-state index is 12.8. The maximum atomic E-state index is 12.8. The summed E-state index contributed by atoms with van der Waals surface area (Å²) in [6.07, 6.45) is 3.22. The topological polar surface area (TPSA) is 80.3 Å². The van der Waals surface area contributed by atoms with E-state index < -0.39 is 11.3 Å². The van der Waals surface area contributed by atoms with E-state index in [9.17, 15) is 9.59 Å². The van der Waals surface area contributed by atoms with Crippen LogP contribution in [0, 0.1) is 12.3 Å². The van der Waals surface area contributed by atoms with Gasteiger partial charge in [0.1, 0.15) is 17.3 Å². The number of methoxy groups -OCH3 is 1. The molecule has 6 heteroatoms. The second-order valence-corrected chi connectivity index (χ2v) is 7.16. The summed E-state index contributed by atoms with van der Waals surface area (Å²) in [5.41, 5.74) is 1.09. The average Bonchev–Trinajstić information content (AvgIpc) is 2.62. The van der Waals surface area contributed by atoms with E-state index in [0.29, 0.717) is 11.6 Å². The number of pyridine rings is 1. The standard InChI is InChI=1S/C21H25N3O3/c1-14-7-6-12-22-18(14)24-19(25)17(23-20(26)21(2,3)4)13-15-8-10-16(27-5)11-9-15/h6-13H,1-5H3,(H,23,26)(H,22,24,25)/b17-13+. The number of hydrogen-bond donors (Lipinski definition) is 2. The van der Waals surface area contributed by atoms with Crippen molar-refractivity contribution in [3.63, 3.8) is 0 Å². The Bertz CT molecular complexity index is 850. The van der Waals surface area contributed by atoms with Gasteiger partial charge in [-0.2, -0.15) is 0 Å². The van der Waals surface area contributed by atoms with Crippen molar-refractivity contribution in [3.05, 3.63) is 59.4 Å². The average molecular weight is 367 g/mol. The van der Waals surface area contributed by atoms with Gasteiger partial charge in [-0.3, -0.25) is 9.59 Å². The summed E-state index contributed by atoms with van der Waals surface area (Å²) in [4.78, 5) is 29.4. The molecular weight excluding hydrogens is 342 g/mol. The normalized spacial score (nSPS) is 11.7. The molecule has 1 aromatic carbocycles. The fourth-order valence-electron chi connectivity index (χ4n) is 2.13. The highest BCUT2D eigenvalue weighted by Crippen LogP contribution is 2.18. The lowest BCUT2D eigenvalue weighted by molar-refractivity contribution is -0.128. The number of nitrogens with one attached hydrogen (secondary N) is 2. The van der Waals surface area contributed by atoms with Gasteiger partial charge in [0.2, 0.25) is 5.91 Å². The van der Waals surface area contributed by atoms with Gasteiger partial charge in [0.05, 0.1) is 7.11 Å². The summed E-state index contributed by atoms with van der Waals surface area (Å²) >= 11 is 0. The fraction of sp³-hybridized carbons (Fsp3) is 0.286. The molecule has 2 N–H and O–H groups in total. The van der Waals surface area contributed by atoms with Crippen LogP contribution in [0.3, 0.4) is 0 Å². The van der Waals surface area contributed by atoms with Crippen LogP contribution in [0.1, 0.15) is 31.9 Å². The van der Waals surface area contributed by atoms with E-state index in [2.05, 4.69) is 15.6 Å². The zero-order valence-electron chi connectivity index (χ0n) is 16.3. The minimum absolute atomic E-state index is 0.144. The Morgan fingerprint density at radius 1 is 1.11 bits per heavy atom. The first kappa shape index (κ1) is 20.2. The van der Waals surface area contributed by atoms with Crippen LogP contribution in [0.4, 0.5) is 5.82 Å². The monoisotopic (exact) mass is 367 g/mol. The summed E-state index contributed by atoms with van der Waals surface area (Å²) in [6.45, 7) is 7.21. The minimum Gasteiger partial charge on any atom is -0.497 e. The fourth-order valence-corrected chi connectivity index (χ4v) is 2.13. The van der Waals surface area contributed by atoms with E-state index >= 15 is 0 Å². The van der Waals surface area contributed by atoms with Crippen LogP contribution < -0.4 is 15.4 Å². The lowest BCUT2D eigenvalue weighted by atomic mass is 9.95. The molecular formula is C21H25N3O3. The van der Waals surface area contributed by atoms with Crippen LogP contribution in [-0.2, 0) is 9.59 Å². The molecule has 0 spiro atoms. The Kier molecular flexibility index (Phi) is 6.34. The van der Waals surface area contributed by atoms with E-state index in [0.717, 1.165) is 11.1 Å². The lowest BCUT2D eigenvalue weighted by Gasteiger charge is -2.19. The molecule has 27 heavy (non-hydrogen) atoms. The highest BCUT2D eigenvalue weighted by Gasteiger charge is 2.24. The largest absolute Gasteiger partial charge is 0.497 e. The number of ether oxygens (including phenoxy) is 1. The van der Waals surface area contributed by atoms with Crippen molar-refractivity contribution in [2.45, 2.75) is 27.7 Å². The number of aryl methyl sites for hydroxylation is 1. The number of nitrogens with zero attached hydrogens (tertiary/aromatic N) is 1. The molecule has 0 atom stereocenters. The van der Waals surface area contributed by atoms with E-state index in [1.807, 2.05) is 13.0 Å². The van der Waals surface area contributed by atoms with Crippen LogP contribution in [0.5, 0.6) is 5.75 Å². The van der Waals surface area contributed by atoms with Crippen molar-refractivity contribution in [3.8, 4) is 5.75 Å². The Morgan fingerprint density at radius 2 is 1.78 bits per heavy atom. The van der Waals surface area contributed by atoms with Gasteiger partial charge in [-0.15, -0.1) is 0 Å². The number of rotatable bonds is 5. The molecule has 142 valence electrons. The van der Waals surface area contributed by atoms with Crippen LogP contribution in [0.2, 0.25) is 0 Å². The van der Waals surface area contributed by atoms with Gasteiger partial charge in [-0.25, -0.2) is 4.98 Å². The number of carbonyl (C=O) groups excluding carboxylic acids is 2. The summed E-state index contributed by atoms with van der Waals surface area (Å²) in [6, 6.07) is 10.8. The molecule has 1 heterocycles. The molecule has 2 amide bonds. The van der Waals surface area contributed by atoms with E-state index in [4.69, 9.17) is 4.74 Å². The Balaban J connectivity index is 2.33. The predicted molar refractivity (Wildman–Crippen MR) is 106 cm³/mol. The lowest BCUT2D eigenvalue weighted by Crippen LogP contribution is -2.38. The molecule has 0 aliphatic rings. The molecule has 1 aromatic heterocycles. The van der Waals surface area contributed by atoms with Crippen molar-refractivity contribution in [1.29, 1.82) is 0 Å². The summed E-state index contributed by atoms with van der Waals surface area (Å²) in [5, 5.41) is 5.48. The molecule has 0 saturated heterocycles. The van der Waals surface area contributed by atoms with Crippen LogP contribution in [-0.4, -0.2) is 23.9 Å². The third-order valence-corrected chi connectivity index (χ3v) is 3.84. The quantitative estimate of drug-likeness (QED) is 0.792. The molecule has 0 aliphatic heterocycles. The summed E-state index contributed by atoms with van der Waals surface area (Å²) in [7, 11) is 1.59. The van der Waals surface area contributed by atoms with Crippen molar-refractivity contribution in [1.82, 2.24) is 10.3 Å². The molecule has 6 nitrogen and oxygen atoms in total.